The van der Waals surface area contributed by atoms with Crippen LogP contribution in [0, 0.1) is 17.0 Å². The Hall–Kier alpha value is -1.66. The highest BCUT2D eigenvalue weighted by Crippen LogP contribution is 2.25. The van der Waals surface area contributed by atoms with E-state index in [1.807, 2.05) is 0 Å². The monoisotopic (exact) mass is 266 g/mol. The van der Waals surface area contributed by atoms with Crippen molar-refractivity contribution < 1.29 is 14.4 Å². The van der Waals surface area contributed by atoms with E-state index >= 15 is 0 Å². The molecule has 0 radical (unpaired) electrons. The smallest absolute Gasteiger partial charge is 0.272 e. The molecule has 1 fully saturated rings. The summed E-state index contributed by atoms with van der Waals surface area (Å²) in [6.07, 6.45) is 0.850. The highest BCUT2D eigenvalue weighted by atomic mass is 16.6. The van der Waals surface area contributed by atoms with Gasteiger partial charge in [0, 0.05) is 44.0 Å². The van der Waals surface area contributed by atoms with E-state index in [1.54, 1.807) is 26.2 Å². The summed E-state index contributed by atoms with van der Waals surface area (Å²) < 4.78 is 10.9. The van der Waals surface area contributed by atoms with Crippen molar-refractivity contribution in [2.24, 2.45) is 0 Å². The van der Waals surface area contributed by atoms with Crippen molar-refractivity contribution in [1.29, 1.82) is 0 Å². The van der Waals surface area contributed by atoms with E-state index < -0.39 is 0 Å². The highest BCUT2D eigenvalue weighted by molar-refractivity contribution is 5.53. The fourth-order valence-corrected chi connectivity index (χ4v) is 2.19. The molecule has 19 heavy (non-hydrogen) atoms. The minimum atomic E-state index is -0.374. The third-order valence-corrected chi connectivity index (χ3v) is 3.51. The molecule has 1 aliphatic rings. The van der Waals surface area contributed by atoms with Crippen molar-refractivity contribution in [2.45, 2.75) is 18.9 Å². The van der Waals surface area contributed by atoms with Gasteiger partial charge in [0.05, 0.1) is 11.5 Å². The summed E-state index contributed by atoms with van der Waals surface area (Å²) in [5.74, 6) is 0. The molecule has 1 saturated heterocycles. The molecule has 1 unspecified atom stereocenters. The molecule has 1 heterocycles. The van der Waals surface area contributed by atoms with Gasteiger partial charge in [0.15, 0.2) is 0 Å². The molecule has 0 aliphatic carbocycles. The first-order chi connectivity index (χ1) is 9.06. The summed E-state index contributed by atoms with van der Waals surface area (Å²) >= 11 is 0. The second-order valence-electron chi connectivity index (χ2n) is 4.80. The van der Waals surface area contributed by atoms with E-state index in [2.05, 4.69) is 5.32 Å². The Morgan fingerprint density at radius 2 is 2.37 bits per heavy atom. The summed E-state index contributed by atoms with van der Waals surface area (Å²) in [5.41, 5.74) is 1.34. The number of benzene rings is 1. The van der Waals surface area contributed by atoms with Crippen LogP contribution in [0.3, 0.4) is 0 Å². The maximum atomic E-state index is 10.7. The summed E-state index contributed by atoms with van der Waals surface area (Å²) in [7, 11) is 1.68. The number of nitro groups is 1. The SMILES string of the molecule is COC1(CNc2ccc([N+](=O)[O-])c(C)c2)CCOC1. The fraction of sp³-hybridized carbons (Fsp3) is 0.538. The van der Waals surface area contributed by atoms with E-state index in [9.17, 15) is 10.1 Å². The Kier molecular flexibility index (Phi) is 4.01. The first-order valence-corrected chi connectivity index (χ1v) is 6.18. The number of hydrogen-bond donors (Lipinski definition) is 1. The standard InChI is InChI=1S/C13H18N2O4/c1-10-7-11(3-4-12(10)15(16)17)14-8-13(18-2)5-6-19-9-13/h3-4,7,14H,5-6,8-9H2,1-2H3. The van der Waals surface area contributed by atoms with Crippen LogP contribution >= 0.6 is 0 Å². The van der Waals surface area contributed by atoms with Gasteiger partial charge < -0.3 is 14.8 Å². The molecule has 6 heteroatoms. The first-order valence-electron chi connectivity index (χ1n) is 6.18. The van der Waals surface area contributed by atoms with Crippen molar-refractivity contribution >= 4 is 11.4 Å². The van der Waals surface area contributed by atoms with Crippen LogP contribution in [0.2, 0.25) is 0 Å². The molecule has 0 saturated carbocycles. The quantitative estimate of drug-likeness (QED) is 0.652. The van der Waals surface area contributed by atoms with Crippen molar-refractivity contribution in [3.8, 4) is 0 Å². The number of anilines is 1. The molecule has 0 spiro atoms. The Morgan fingerprint density at radius 3 is 2.89 bits per heavy atom. The molecule has 1 N–H and O–H groups in total. The Morgan fingerprint density at radius 1 is 1.58 bits per heavy atom. The van der Waals surface area contributed by atoms with Crippen molar-refractivity contribution in [3.63, 3.8) is 0 Å². The maximum Gasteiger partial charge on any atom is 0.272 e. The van der Waals surface area contributed by atoms with Gasteiger partial charge >= 0.3 is 0 Å². The predicted molar refractivity (Wildman–Crippen MR) is 71.5 cm³/mol. The van der Waals surface area contributed by atoms with Gasteiger partial charge in [-0.05, 0) is 19.1 Å². The molecule has 6 nitrogen and oxygen atoms in total. The Labute approximate surface area is 111 Å². The van der Waals surface area contributed by atoms with Crippen LogP contribution < -0.4 is 5.32 Å². The summed E-state index contributed by atoms with van der Waals surface area (Å²) in [5, 5.41) is 14.0. The molecule has 1 aromatic rings. The lowest BCUT2D eigenvalue weighted by atomic mass is 10.0. The molecule has 1 atom stereocenters. The van der Waals surface area contributed by atoms with E-state index in [1.165, 1.54) is 6.07 Å². The summed E-state index contributed by atoms with van der Waals surface area (Å²) in [4.78, 5) is 10.4. The zero-order valence-corrected chi connectivity index (χ0v) is 11.1. The topological polar surface area (TPSA) is 73.6 Å². The predicted octanol–water partition coefficient (Wildman–Crippen LogP) is 2.12. The Balaban J connectivity index is 2.03. The fourth-order valence-electron chi connectivity index (χ4n) is 2.19. The van der Waals surface area contributed by atoms with Gasteiger partial charge in [-0.3, -0.25) is 10.1 Å². The van der Waals surface area contributed by atoms with Crippen molar-refractivity contribution in [2.75, 3.05) is 32.2 Å². The van der Waals surface area contributed by atoms with Gasteiger partial charge in [0.25, 0.3) is 5.69 Å². The summed E-state index contributed by atoms with van der Waals surface area (Å²) in [6.45, 7) is 3.63. The van der Waals surface area contributed by atoms with Crippen molar-refractivity contribution in [3.05, 3.63) is 33.9 Å². The van der Waals surface area contributed by atoms with Gasteiger partial charge in [0.2, 0.25) is 0 Å². The highest BCUT2D eigenvalue weighted by Gasteiger charge is 2.34. The minimum Gasteiger partial charge on any atom is -0.382 e. The second kappa shape index (κ2) is 5.54. The van der Waals surface area contributed by atoms with Gasteiger partial charge in [-0.15, -0.1) is 0 Å². The van der Waals surface area contributed by atoms with E-state index in [0.717, 1.165) is 12.1 Å². The third kappa shape index (κ3) is 3.02. The van der Waals surface area contributed by atoms with Gasteiger partial charge in [-0.1, -0.05) is 0 Å². The van der Waals surface area contributed by atoms with E-state index in [-0.39, 0.29) is 16.2 Å². The average molecular weight is 266 g/mol. The molecular weight excluding hydrogens is 248 g/mol. The van der Waals surface area contributed by atoms with Crippen LogP contribution in [0.4, 0.5) is 11.4 Å². The van der Waals surface area contributed by atoms with Crippen LogP contribution in [0.15, 0.2) is 18.2 Å². The zero-order valence-electron chi connectivity index (χ0n) is 11.1. The van der Waals surface area contributed by atoms with Crippen LogP contribution in [0.5, 0.6) is 0 Å². The second-order valence-corrected chi connectivity index (χ2v) is 4.80. The van der Waals surface area contributed by atoms with Crippen LogP contribution in [0.1, 0.15) is 12.0 Å². The normalized spacial score (nSPS) is 22.4. The van der Waals surface area contributed by atoms with Crippen LogP contribution in [0.25, 0.3) is 0 Å². The molecule has 0 bridgehead atoms. The molecule has 1 aliphatic heterocycles. The molecule has 0 aromatic heterocycles. The number of hydrogen-bond acceptors (Lipinski definition) is 5. The number of ether oxygens (including phenoxy) is 2. The van der Waals surface area contributed by atoms with Gasteiger partial charge in [0.1, 0.15) is 5.60 Å². The maximum absolute atomic E-state index is 10.7. The van der Waals surface area contributed by atoms with Crippen molar-refractivity contribution in [1.82, 2.24) is 0 Å². The number of nitrogens with zero attached hydrogens (tertiary/aromatic N) is 1. The number of methoxy groups -OCH3 is 1. The van der Waals surface area contributed by atoms with Crippen LogP contribution in [-0.2, 0) is 9.47 Å². The lowest BCUT2D eigenvalue weighted by Crippen LogP contribution is -2.39. The lowest BCUT2D eigenvalue weighted by Gasteiger charge is -2.26. The third-order valence-electron chi connectivity index (χ3n) is 3.51. The molecule has 104 valence electrons. The largest absolute Gasteiger partial charge is 0.382 e. The molecule has 1 aromatic carbocycles. The number of rotatable bonds is 5. The molecule has 0 amide bonds. The van der Waals surface area contributed by atoms with Gasteiger partial charge in [-0.25, -0.2) is 0 Å². The van der Waals surface area contributed by atoms with E-state index in [4.69, 9.17) is 9.47 Å². The average Bonchev–Trinajstić information content (AvgIpc) is 2.85. The number of nitro benzene ring substituents is 1. The number of nitrogens with one attached hydrogen (secondary N) is 1. The molecule has 2 rings (SSSR count). The van der Waals surface area contributed by atoms with E-state index in [0.29, 0.717) is 25.3 Å². The van der Waals surface area contributed by atoms with Gasteiger partial charge in [-0.2, -0.15) is 0 Å². The Bertz CT molecular complexity index is 470. The first kappa shape index (κ1) is 13.8. The molecular formula is C13H18N2O4. The number of aryl methyl sites for hydroxylation is 1. The lowest BCUT2D eigenvalue weighted by molar-refractivity contribution is -0.385. The minimum absolute atomic E-state index is 0.135. The summed E-state index contributed by atoms with van der Waals surface area (Å²) in [6, 6.07) is 5.00. The van der Waals surface area contributed by atoms with Crippen LogP contribution in [-0.4, -0.2) is 37.4 Å². The zero-order chi connectivity index (χ0) is 13.9.